The average molecular weight is 324 g/mol. The first kappa shape index (κ1) is 16.9. The summed E-state index contributed by atoms with van der Waals surface area (Å²) in [6, 6.07) is 0. The first-order valence-corrected chi connectivity index (χ1v) is 7.52. The summed E-state index contributed by atoms with van der Waals surface area (Å²) in [5.41, 5.74) is 0.954. The number of nitrogens with zero attached hydrogens (tertiary/aromatic N) is 2. The number of aryl methyl sites for hydroxylation is 2. The Morgan fingerprint density at radius 2 is 1.90 bits per heavy atom. The Morgan fingerprint density at radius 1 is 1.35 bits per heavy atom. The third-order valence-corrected chi connectivity index (χ3v) is 5.62. The molecule has 1 fully saturated rings. The molecule has 2 N–H and O–H groups in total. The molecule has 114 valence electrons. The highest BCUT2D eigenvalue weighted by Gasteiger charge is 2.34. The van der Waals surface area contributed by atoms with Crippen LogP contribution in [0.2, 0.25) is 0 Å². The zero-order chi connectivity index (χ0) is 14.2. The molecule has 0 amide bonds. The van der Waals surface area contributed by atoms with Crippen molar-refractivity contribution in [3.63, 3.8) is 0 Å². The predicted octanol–water partition coefficient (Wildman–Crippen LogP) is 0.934. The fourth-order valence-corrected chi connectivity index (χ4v) is 4.19. The lowest BCUT2D eigenvalue weighted by Gasteiger charge is -2.29. The summed E-state index contributed by atoms with van der Waals surface area (Å²) in [5.74, 6) is -1.30. The summed E-state index contributed by atoms with van der Waals surface area (Å²) in [4.78, 5) is 11.1. The SMILES string of the molecule is Cc1n[nH]c(C)c1S(=O)(=O)N1CCC(C(=O)O)CC1.Cl. The Hall–Kier alpha value is -1.12. The number of piperidine rings is 1. The first-order chi connectivity index (χ1) is 8.84. The van der Waals surface area contributed by atoms with E-state index in [2.05, 4.69) is 10.2 Å². The van der Waals surface area contributed by atoms with Gasteiger partial charge in [-0.25, -0.2) is 8.42 Å². The van der Waals surface area contributed by atoms with Gasteiger partial charge in [-0.05, 0) is 26.7 Å². The number of carboxylic acid groups (broad SMARTS) is 1. The molecule has 1 aromatic rings. The number of hydrogen-bond acceptors (Lipinski definition) is 4. The van der Waals surface area contributed by atoms with Crippen molar-refractivity contribution < 1.29 is 18.3 Å². The van der Waals surface area contributed by atoms with Gasteiger partial charge in [0.15, 0.2) is 0 Å². The smallest absolute Gasteiger partial charge is 0.306 e. The van der Waals surface area contributed by atoms with Gasteiger partial charge < -0.3 is 5.11 Å². The quantitative estimate of drug-likeness (QED) is 0.861. The lowest BCUT2D eigenvalue weighted by molar-refractivity contribution is -0.142. The van der Waals surface area contributed by atoms with Gasteiger partial charge >= 0.3 is 5.97 Å². The van der Waals surface area contributed by atoms with E-state index in [1.54, 1.807) is 13.8 Å². The number of aliphatic carboxylic acids is 1. The minimum atomic E-state index is -3.58. The van der Waals surface area contributed by atoms with Crippen molar-refractivity contribution in [2.75, 3.05) is 13.1 Å². The summed E-state index contributed by atoms with van der Waals surface area (Å²) in [7, 11) is -3.58. The molecule has 0 spiro atoms. The second kappa shape index (κ2) is 6.11. The molecule has 2 rings (SSSR count). The molecule has 9 heteroatoms. The second-order valence-corrected chi connectivity index (χ2v) is 6.65. The zero-order valence-electron chi connectivity index (χ0n) is 11.3. The summed E-state index contributed by atoms with van der Waals surface area (Å²) in [6.07, 6.45) is 0.703. The van der Waals surface area contributed by atoms with Crippen LogP contribution in [0.1, 0.15) is 24.2 Å². The number of rotatable bonds is 3. The molecule has 1 aliphatic heterocycles. The molecule has 0 atom stereocenters. The van der Waals surface area contributed by atoms with Crippen molar-refractivity contribution in [3.8, 4) is 0 Å². The van der Waals surface area contributed by atoms with Gasteiger partial charge in [0.05, 0.1) is 17.3 Å². The van der Waals surface area contributed by atoms with Gasteiger partial charge in [-0.15, -0.1) is 12.4 Å². The molecule has 1 aliphatic rings. The van der Waals surface area contributed by atoms with E-state index in [1.165, 1.54) is 4.31 Å². The largest absolute Gasteiger partial charge is 0.481 e. The summed E-state index contributed by atoms with van der Waals surface area (Å²) in [6.45, 7) is 3.78. The highest BCUT2D eigenvalue weighted by molar-refractivity contribution is 7.89. The fourth-order valence-electron chi connectivity index (χ4n) is 2.39. The number of nitrogens with one attached hydrogen (secondary N) is 1. The topological polar surface area (TPSA) is 103 Å². The number of H-pyrrole nitrogens is 1. The maximum atomic E-state index is 12.5. The van der Waals surface area contributed by atoms with Crippen molar-refractivity contribution in [1.29, 1.82) is 0 Å². The van der Waals surface area contributed by atoms with E-state index in [9.17, 15) is 13.2 Å². The van der Waals surface area contributed by atoms with Gasteiger partial charge in [0.25, 0.3) is 0 Å². The Bertz CT molecular complexity index is 571. The lowest BCUT2D eigenvalue weighted by Crippen LogP contribution is -2.40. The van der Waals surface area contributed by atoms with E-state index in [0.29, 0.717) is 24.2 Å². The molecule has 0 saturated carbocycles. The van der Waals surface area contributed by atoms with Gasteiger partial charge in [-0.2, -0.15) is 9.40 Å². The van der Waals surface area contributed by atoms with Crippen molar-refractivity contribution >= 4 is 28.4 Å². The van der Waals surface area contributed by atoms with Gasteiger partial charge in [-0.1, -0.05) is 0 Å². The maximum absolute atomic E-state index is 12.5. The van der Waals surface area contributed by atoms with Crippen LogP contribution >= 0.6 is 12.4 Å². The van der Waals surface area contributed by atoms with Crippen molar-refractivity contribution in [2.24, 2.45) is 5.92 Å². The Kier molecular flexibility index (Phi) is 5.17. The second-order valence-electron chi connectivity index (χ2n) is 4.78. The Labute approximate surface area is 123 Å². The van der Waals surface area contributed by atoms with E-state index in [1.807, 2.05) is 0 Å². The molecule has 0 aromatic carbocycles. The van der Waals surface area contributed by atoms with Crippen LogP contribution in [0.25, 0.3) is 0 Å². The molecule has 1 saturated heterocycles. The molecule has 20 heavy (non-hydrogen) atoms. The van der Waals surface area contributed by atoms with E-state index in [4.69, 9.17) is 5.11 Å². The minimum absolute atomic E-state index is 0. The number of sulfonamides is 1. The molecular weight excluding hydrogens is 306 g/mol. The van der Waals surface area contributed by atoms with Crippen LogP contribution in [0.15, 0.2) is 4.90 Å². The summed E-state index contributed by atoms with van der Waals surface area (Å²) < 4.78 is 26.3. The van der Waals surface area contributed by atoms with E-state index in [0.717, 1.165) is 0 Å². The lowest BCUT2D eigenvalue weighted by atomic mass is 9.99. The maximum Gasteiger partial charge on any atom is 0.306 e. The van der Waals surface area contributed by atoms with Gasteiger partial charge in [0, 0.05) is 13.1 Å². The van der Waals surface area contributed by atoms with E-state index >= 15 is 0 Å². The minimum Gasteiger partial charge on any atom is -0.481 e. The molecule has 0 aliphatic carbocycles. The van der Waals surface area contributed by atoms with Crippen LogP contribution in [-0.2, 0) is 14.8 Å². The third kappa shape index (κ3) is 2.97. The van der Waals surface area contributed by atoms with Crippen LogP contribution in [0, 0.1) is 19.8 Å². The van der Waals surface area contributed by atoms with E-state index < -0.39 is 21.9 Å². The average Bonchev–Trinajstić information content (AvgIpc) is 2.69. The third-order valence-electron chi connectivity index (χ3n) is 3.46. The zero-order valence-corrected chi connectivity index (χ0v) is 12.9. The number of hydrogen-bond donors (Lipinski definition) is 2. The summed E-state index contributed by atoms with van der Waals surface area (Å²) >= 11 is 0. The number of carbonyl (C=O) groups is 1. The van der Waals surface area contributed by atoms with Gasteiger partial charge in [0.2, 0.25) is 10.0 Å². The Balaban J connectivity index is 0.00000200. The highest BCUT2D eigenvalue weighted by Crippen LogP contribution is 2.26. The summed E-state index contributed by atoms with van der Waals surface area (Å²) in [5, 5.41) is 15.5. The standard InChI is InChI=1S/C11H17N3O4S.ClH/c1-7-10(8(2)13-12-7)19(17,18)14-5-3-9(4-6-14)11(15)16;/h9H,3-6H2,1-2H3,(H,12,13)(H,15,16);1H. The number of carboxylic acids is 1. The van der Waals surface area contributed by atoms with Crippen LogP contribution in [-0.4, -0.2) is 47.1 Å². The van der Waals surface area contributed by atoms with Crippen molar-refractivity contribution in [3.05, 3.63) is 11.4 Å². The van der Waals surface area contributed by atoms with Crippen LogP contribution in [0.4, 0.5) is 0 Å². The first-order valence-electron chi connectivity index (χ1n) is 6.08. The van der Waals surface area contributed by atoms with Crippen LogP contribution < -0.4 is 0 Å². The van der Waals surface area contributed by atoms with Crippen molar-refractivity contribution in [2.45, 2.75) is 31.6 Å². The normalized spacial score (nSPS) is 17.7. The van der Waals surface area contributed by atoms with E-state index in [-0.39, 0.29) is 30.4 Å². The monoisotopic (exact) mass is 323 g/mol. The molecule has 2 heterocycles. The number of aromatic amines is 1. The van der Waals surface area contributed by atoms with Gasteiger partial charge in [-0.3, -0.25) is 9.89 Å². The molecule has 0 bridgehead atoms. The fraction of sp³-hybridized carbons (Fsp3) is 0.636. The van der Waals surface area contributed by atoms with Crippen LogP contribution in [0.5, 0.6) is 0 Å². The molecule has 1 aromatic heterocycles. The van der Waals surface area contributed by atoms with Crippen molar-refractivity contribution in [1.82, 2.24) is 14.5 Å². The number of halogens is 1. The van der Waals surface area contributed by atoms with Gasteiger partial charge in [0.1, 0.15) is 4.90 Å². The highest BCUT2D eigenvalue weighted by atomic mass is 35.5. The number of aromatic nitrogens is 2. The van der Waals surface area contributed by atoms with Crippen LogP contribution in [0.3, 0.4) is 0 Å². The molecular formula is C11H18ClN3O4S. The molecule has 0 unspecified atom stereocenters. The Morgan fingerprint density at radius 3 is 2.30 bits per heavy atom. The molecule has 7 nitrogen and oxygen atoms in total. The predicted molar refractivity (Wildman–Crippen MR) is 74.4 cm³/mol. The molecule has 0 radical (unpaired) electrons.